The highest BCUT2D eigenvalue weighted by molar-refractivity contribution is 5.15. The van der Waals surface area contributed by atoms with Gasteiger partial charge >= 0.3 is 0 Å². The molecular formula is C11H17N5O. The van der Waals surface area contributed by atoms with Gasteiger partial charge in [0.1, 0.15) is 0 Å². The summed E-state index contributed by atoms with van der Waals surface area (Å²) in [5.41, 5.74) is 2.41. The Morgan fingerprint density at radius 3 is 2.82 bits per heavy atom. The van der Waals surface area contributed by atoms with Gasteiger partial charge in [-0.2, -0.15) is 10.1 Å². The highest BCUT2D eigenvalue weighted by Crippen LogP contribution is 2.04. The molecule has 0 unspecified atom stereocenters. The van der Waals surface area contributed by atoms with E-state index in [1.165, 1.54) is 11.3 Å². The maximum Gasteiger partial charge on any atom is 0.223 e. The molecule has 0 saturated carbocycles. The molecule has 0 amide bonds. The third-order valence-corrected chi connectivity index (χ3v) is 2.75. The molecule has 0 saturated heterocycles. The summed E-state index contributed by atoms with van der Waals surface area (Å²) in [5, 5.41) is 11.4. The van der Waals surface area contributed by atoms with E-state index >= 15 is 0 Å². The van der Waals surface area contributed by atoms with E-state index in [9.17, 15) is 0 Å². The van der Waals surface area contributed by atoms with Crippen molar-refractivity contribution in [2.24, 2.45) is 7.05 Å². The van der Waals surface area contributed by atoms with Crippen molar-refractivity contribution in [3.63, 3.8) is 0 Å². The first-order chi connectivity index (χ1) is 8.16. The predicted octanol–water partition coefficient (Wildman–Crippen LogP) is 0.752. The molecule has 0 spiro atoms. The SMILES string of the molecule is Cc1nc(CCNCc2cnn(C)c2C)no1. The van der Waals surface area contributed by atoms with Crippen LogP contribution in [0.25, 0.3) is 0 Å². The van der Waals surface area contributed by atoms with Crippen molar-refractivity contribution >= 4 is 0 Å². The molecule has 1 N–H and O–H groups in total. The third kappa shape index (κ3) is 2.91. The van der Waals surface area contributed by atoms with Crippen LogP contribution in [0.5, 0.6) is 0 Å². The Hall–Kier alpha value is -1.69. The van der Waals surface area contributed by atoms with Crippen LogP contribution in [0.1, 0.15) is 23.0 Å². The number of nitrogens with zero attached hydrogens (tertiary/aromatic N) is 4. The number of hydrogen-bond acceptors (Lipinski definition) is 5. The molecule has 0 aliphatic rings. The molecule has 0 fully saturated rings. The number of nitrogens with one attached hydrogen (secondary N) is 1. The lowest BCUT2D eigenvalue weighted by atomic mass is 10.2. The quantitative estimate of drug-likeness (QED) is 0.775. The summed E-state index contributed by atoms with van der Waals surface area (Å²) in [5.74, 6) is 1.36. The van der Waals surface area contributed by atoms with Gasteiger partial charge < -0.3 is 9.84 Å². The second-order valence-corrected chi connectivity index (χ2v) is 4.04. The van der Waals surface area contributed by atoms with Crippen LogP contribution in [0.2, 0.25) is 0 Å². The van der Waals surface area contributed by atoms with Crippen molar-refractivity contribution < 1.29 is 4.52 Å². The zero-order chi connectivity index (χ0) is 12.3. The monoisotopic (exact) mass is 235 g/mol. The first-order valence-electron chi connectivity index (χ1n) is 5.64. The maximum absolute atomic E-state index is 4.90. The van der Waals surface area contributed by atoms with Gasteiger partial charge in [0.15, 0.2) is 5.82 Å². The molecule has 0 aliphatic heterocycles. The Balaban J connectivity index is 1.75. The predicted molar refractivity (Wildman–Crippen MR) is 62.4 cm³/mol. The van der Waals surface area contributed by atoms with Crippen molar-refractivity contribution in [3.8, 4) is 0 Å². The summed E-state index contributed by atoms with van der Waals surface area (Å²) in [6.07, 6.45) is 2.66. The smallest absolute Gasteiger partial charge is 0.223 e. The first-order valence-corrected chi connectivity index (χ1v) is 5.64. The largest absolute Gasteiger partial charge is 0.340 e. The van der Waals surface area contributed by atoms with Crippen molar-refractivity contribution in [1.29, 1.82) is 0 Å². The van der Waals surface area contributed by atoms with Gasteiger partial charge in [0.2, 0.25) is 5.89 Å². The second kappa shape index (κ2) is 5.09. The molecule has 17 heavy (non-hydrogen) atoms. The average molecular weight is 235 g/mol. The van der Waals surface area contributed by atoms with Crippen LogP contribution >= 0.6 is 0 Å². The molecule has 2 heterocycles. The van der Waals surface area contributed by atoms with Gasteiger partial charge in [0, 0.05) is 44.7 Å². The van der Waals surface area contributed by atoms with E-state index in [4.69, 9.17) is 4.52 Å². The summed E-state index contributed by atoms with van der Waals surface area (Å²) < 4.78 is 6.77. The molecule has 0 bridgehead atoms. The van der Waals surface area contributed by atoms with Crippen molar-refractivity contribution in [2.75, 3.05) is 6.54 Å². The minimum Gasteiger partial charge on any atom is -0.340 e. The van der Waals surface area contributed by atoms with Crippen molar-refractivity contribution in [1.82, 2.24) is 25.2 Å². The Kier molecular flexibility index (Phi) is 3.53. The molecule has 0 atom stereocenters. The van der Waals surface area contributed by atoms with Gasteiger partial charge in [0.05, 0.1) is 6.20 Å². The van der Waals surface area contributed by atoms with Crippen LogP contribution in [0.15, 0.2) is 10.7 Å². The molecule has 0 radical (unpaired) electrons. The molecule has 92 valence electrons. The van der Waals surface area contributed by atoms with Gasteiger partial charge in [-0.3, -0.25) is 4.68 Å². The molecule has 2 aromatic heterocycles. The Bertz CT molecular complexity index is 488. The van der Waals surface area contributed by atoms with Crippen LogP contribution in [0, 0.1) is 13.8 Å². The van der Waals surface area contributed by atoms with Crippen LogP contribution in [-0.2, 0) is 20.0 Å². The summed E-state index contributed by atoms with van der Waals surface area (Å²) in [7, 11) is 1.95. The third-order valence-electron chi connectivity index (χ3n) is 2.75. The minimum atomic E-state index is 0.614. The number of aryl methyl sites for hydroxylation is 2. The van der Waals surface area contributed by atoms with E-state index < -0.39 is 0 Å². The van der Waals surface area contributed by atoms with E-state index in [0.717, 1.165) is 25.3 Å². The lowest BCUT2D eigenvalue weighted by Crippen LogP contribution is -2.17. The van der Waals surface area contributed by atoms with E-state index in [2.05, 4.69) is 27.5 Å². The summed E-state index contributed by atoms with van der Waals surface area (Å²) >= 11 is 0. The Morgan fingerprint density at radius 1 is 1.41 bits per heavy atom. The zero-order valence-corrected chi connectivity index (χ0v) is 10.4. The molecule has 2 rings (SSSR count). The lowest BCUT2D eigenvalue weighted by molar-refractivity contribution is 0.387. The Morgan fingerprint density at radius 2 is 2.24 bits per heavy atom. The molecule has 0 aromatic carbocycles. The minimum absolute atomic E-state index is 0.614. The topological polar surface area (TPSA) is 68.8 Å². The molecule has 0 aliphatic carbocycles. The lowest BCUT2D eigenvalue weighted by Gasteiger charge is -2.02. The van der Waals surface area contributed by atoms with Gasteiger partial charge in [-0.25, -0.2) is 0 Å². The van der Waals surface area contributed by atoms with Gasteiger partial charge in [-0.1, -0.05) is 5.16 Å². The summed E-state index contributed by atoms with van der Waals surface area (Å²) in [6.45, 7) is 5.50. The van der Waals surface area contributed by atoms with Crippen LogP contribution in [-0.4, -0.2) is 26.5 Å². The second-order valence-electron chi connectivity index (χ2n) is 4.04. The van der Waals surface area contributed by atoms with E-state index in [0.29, 0.717) is 5.89 Å². The normalized spacial score (nSPS) is 11.0. The Labute approximate surface area is 100 Å². The fourth-order valence-corrected chi connectivity index (χ4v) is 1.58. The number of aromatic nitrogens is 4. The highest BCUT2D eigenvalue weighted by Gasteiger charge is 2.04. The zero-order valence-electron chi connectivity index (χ0n) is 10.4. The van der Waals surface area contributed by atoms with Crippen LogP contribution in [0.3, 0.4) is 0 Å². The summed E-state index contributed by atoms with van der Waals surface area (Å²) in [4.78, 5) is 4.14. The fraction of sp³-hybridized carbons (Fsp3) is 0.545. The van der Waals surface area contributed by atoms with Gasteiger partial charge in [0.25, 0.3) is 0 Å². The highest BCUT2D eigenvalue weighted by atomic mass is 16.5. The van der Waals surface area contributed by atoms with Gasteiger partial charge in [-0.15, -0.1) is 0 Å². The summed E-state index contributed by atoms with van der Waals surface area (Å²) in [6, 6.07) is 0. The van der Waals surface area contributed by atoms with Crippen molar-refractivity contribution in [2.45, 2.75) is 26.8 Å². The van der Waals surface area contributed by atoms with Gasteiger partial charge in [-0.05, 0) is 6.92 Å². The van der Waals surface area contributed by atoms with Crippen LogP contribution in [0.4, 0.5) is 0 Å². The molecule has 6 nitrogen and oxygen atoms in total. The van der Waals surface area contributed by atoms with E-state index in [-0.39, 0.29) is 0 Å². The fourth-order valence-electron chi connectivity index (χ4n) is 1.58. The first kappa shape index (κ1) is 11.8. The molecular weight excluding hydrogens is 218 g/mol. The molecule has 6 heteroatoms. The molecule has 2 aromatic rings. The van der Waals surface area contributed by atoms with Crippen molar-refractivity contribution in [3.05, 3.63) is 29.2 Å². The van der Waals surface area contributed by atoms with E-state index in [1.54, 1.807) is 6.92 Å². The number of hydrogen-bond donors (Lipinski definition) is 1. The number of rotatable bonds is 5. The van der Waals surface area contributed by atoms with E-state index in [1.807, 2.05) is 17.9 Å². The maximum atomic E-state index is 4.90. The van der Waals surface area contributed by atoms with Crippen LogP contribution < -0.4 is 5.32 Å². The standard InChI is InChI=1S/C11H17N5O/c1-8-10(7-13-16(8)3)6-12-5-4-11-14-9(2)17-15-11/h7,12H,4-6H2,1-3H3. The average Bonchev–Trinajstić information content (AvgIpc) is 2.84.